The lowest BCUT2D eigenvalue weighted by Crippen LogP contribution is -2.46. The number of carbonyl (C=O) groups excluding carboxylic acids is 2. The van der Waals surface area contributed by atoms with Gasteiger partial charge in [-0.2, -0.15) is 0 Å². The first-order valence-corrected chi connectivity index (χ1v) is 13.8. The van der Waals surface area contributed by atoms with E-state index in [-0.39, 0.29) is 24.2 Å². The lowest BCUT2D eigenvalue weighted by atomic mass is 9.83. The van der Waals surface area contributed by atoms with Gasteiger partial charge in [-0.3, -0.25) is 0 Å². The third kappa shape index (κ3) is 7.76. The highest BCUT2D eigenvalue weighted by molar-refractivity contribution is 6.74. The summed E-state index contributed by atoms with van der Waals surface area (Å²) in [5.41, 5.74) is 2.94. The zero-order chi connectivity index (χ0) is 22.2. The molecule has 1 aromatic rings. The fourth-order valence-corrected chi connectivity index (χ4v) is 4.84. The van der Waals surface area contributed by atoms with Crippen molar-refractivity contribution in [2.45, 2.75) is 90.1 Å². The molecule has 0 aromatic heterocycles. The van der Waals surface area contributed by atoms with E-state index in [1.807, 2.05) is 30.3 Å². The zero-order valence-electron chi connectivity index (χ0n) is 19.0. The van der Waals surface area contributed by atoms with Crippen LogP contribution in [0, 0.1) is 5.92 Å². The second kappa shape index (κ2) is 11.0. The van der Waals surface area contributed by atoms with Crippen LogP contribution in [0.2, 0.25) is 18.1 Å². The van der Waals surface area contributed by atoms with Crippen LogP contribution in [0.15, 0.2) is 30.3 Å². The van der Waals surface area contributed by atoms with Crippen molar-refractivity contribution in [3.8, 4) is 0 Å². The number of carbonyl (C=O) groups is 2. The molecule has 0 bridgehead atoms. The second-order valence-corrected chi connectivity index (χ2v) is 14.4. The first kappa shape index (κ1) is 24.4. The van der Waals surface area contributed by atoms with E-state index in [1.54, 1.807) is 0 Å². The number of amides is 1. The molecular formula is C23H37NO5Si. The van der Waals surface area contributed by atoms with Gasteiger partial charge in [0, 0.05) is 12.5 Å². The number of benzene rings is 1. The molecule has 30 heavy (non-hydrogen) atoms. The fourth-order valence-electron chi connectivity index (χ4n) is 3.42. The van der Waals surface area contributed by atoms with E-state index in [4.69, 9.17) is 14.0 Å². The topological polar surface area (TPSA) is 73.9 Å². The van der Waals surface area contributed by atoms with Gasteiger partial charge in [-0.05, 0) is 48.9 Å². The zero-order valence-corrected chi connectivity index (χ0v) is 20.0. The summed E-state index contributed by atoms with van der Waals surface area (Å²) in [6, 6.07) is 9.32. The maximum absolute atomic E-state index is 12.1. The van der Waals surface area contributed by atoms with Crippen molar-refractivity contribution in [2.75, 3.05) is 0 Å². The fraction of sp³-hybridized carbons (Fsp3) is 0.652. The molecule has 1 saturated carbocycles. The van der Waals surface area contributed by atoms with Gasteiger partial charge in [0.2, 0.25) is 0 Å². The largest absolute Gasteiger partial charge is 0.443 e. The number of rotatable bonds is 7. The van der Waals surface area contributed by atoms with Crippen molar-refractivity contribution in [3.63, 3.8) is 0 Å². The molecule has 1 aliphatic rings. The second-order valence-electron chi connectivity index (χ2n) is 9.64. The summed E-state index contributed by atoms with van der Waals surface area (Å²) in [4.78, 5) is 28.7. The van der Waals surface area contributed by atoms with Crippen molar-refractivity contribution in [2.24, 2.45) is 5.92 Å². The molecule has 1 amide bonds. The van der Waals surface area contributed by atoms with Crippen LogP contribution in [0.1, 0.15) is 64.9 Å². The first-order valence-electron chi connectivity index (χ1n) is 10.9. The third-order valence-electron chi connectivity index (χ3n) is 6.27. The van der Waals surface area contributed by atoms with E-state index < -0.39 is 20.4 Å². The van der Waals surface area contributed by atoms with E-state index in [0.717, 1.165) is 18.4 Å². The number of ether oxygens (including phenoxy) is 1. The molecule has 0 spiro atoms. The minimum atomic E-state index is -1.85. The van der Waals surface area contributed by atoms with Crippen LogP contribution >= 0.6 is 0 Å². The van der Waals surface area contributed by atoms with Crippen molar-refractivity contribution in [3.05, 3.63) is 35.9 Å². The van der Waals surface area contributed by atoms with Crippen LogP contribution in [0.5, 0.6) is 0 Å². The highest BCUT2D eigenvalue weighted by Gasteiger charge is 2.41. The summed E-state index contributed by atoms with van der Waals surface area (Å²) in [6.45, 7) is 11.4. The Hall–Kier alpha value is -1.86. The molecule has 7 heteroatoms. The lowest BCUT2D eigenvalue weighted by molar-refractivity contribution is -0.150. The van der Waals surface area contributed by atoms with Gasteiger partial charge in [0.1, 0.15) is 6.61 Å². The van der Waals surface area contributed by atoms with Crippen LogP contribution in [-0.2, 0) is 25.4 Å². The number of hydroxylamine groups is 1. The van der Waals surface area contributed by atoms with E-state index in [0.29, 0.717) is 12.3 Å². The SMILES string of the molecule is CC(C)(C)[Si](C)(C)O[C@@H]1CCCC[C@H]1CCC(=O)ONC(=O)OCc1ccccc1. The Morgan fingerprint density at radius 3 is 2.43 bits per heavy atom. The molecule has 1 aliphatic carbocycles. The van der Waals surface area contributed by atoms with Crippen LogP contribution in [-0.4, -0.2) is 26.5 Å². The minimum Gasteiger partial charge on any atom is -0.443 e. The molecule has 1 N–H and O–H groups in total. The molecular weight excluding hydrogens is 398 g/mol. The van der Waals surface area contributed by atoms with Gasteiger partial charge in [0.15, 0.2) is 8.32 Å². The van der Waals surface area contributed by atoms with Crippen LogP contribution in [0.3, 0.4) is 0 Å². The molecule has 0 saturated heterocycles. The highest BCUT2D eigenvalue weighted by Crippen LogP contribution is 2.41. The normalized spacial score (nSPS) is 19.8. The summed E-state index contributed by atoms with van der Waals surface area (Å²) in [6.07, 6.45) is 4.85. The maximum atomic E-state index is 12.1. The third-order valence-corrected chi connectivity index (χ3v) is 10.8. The Bertz CT molecular complexity index is 687. The van der Waals surface area contributed by atoms with Gasteiger partial charge in [0.25, 0.3) is 0 Å². The number of nitrogens with one attached hydrogen (secondary N) is 1. The summed E-state index contributed by atoms with van der Waals surface area (Å²) in [5, 5.41) is 0.165. The average Bonchev–Trinajstić information content (AvgIpc) is 2.69. The molecule has 6 nitrogen and oxygen atoms in total. The van der Waals surface area contributed by atoms with E-state index >= 15 is 0 Å². The standard InChI is InChI=1S/C23H37NO5Si/c1-23(2,3)30(4,5)29-20-14-10-9-13-19(20)15-16-21(25)28-24-22(26)27-17-18-11-7-6-8-12-18/h6-8,11-12,19-20H,9-10,13-17H2,1-5H3,(H,24,26)/t19-,20+/m0/s1. The van der Waals surface area contributed by atoms with Crippen molar-refractivity contribution in [1.82, 2.24) is 5.48 Å². The predicted molar refractivity (Wildman–Crippen MR) is 119 cm³/mol. The predicted octanol–water partition coefficient (Wildman–Crippen LogP) is 5.73. The van der Waals surface area contributed by atoms with E-state index in [9.17, 15) is 9.59 Å². The maximum Gasteiger partial charge on any atom is 0.441 e. The summed E-state index contributed by atoms with van der Waals surface area (Å²) >= 11 is 0. The smallest absolute Gasteiger partial charge is 0.441 e. The van der Waals surface area contributed by atoms with Crippen LogP contribution in [0.25, 0.3) is 0 Å². The number of hydrogen-bond donors (Lipinski definition) is 1. The number of hydrogen-bond acceptors (Lipinski definition) is 5. The molecule has 2 atom stereocenters. The quantitative estimate of drug-likeness (QED) is 0.437. The van der Waals surface area contributed by atoms with Crippen LogP contribution < -0.4 is 5.48 Å². The minimum absolute atomic E-state index is 0.124. The molecule has 0 aliphatic heterocycles. The molecule has 1 fully saturated rings. The van der Waals surface area contributed by atoms with Gasteiger partial charge in [-0.15, -0.1) is 5.48 Å². The van der Waals surface area contributed by atoms with Gasteiger partial charge in [0.05, 0.1) is 0 Å². The molecule has 2 rings (SSSR count). The van der Waals surface area contributed by atoms with Gasteiger partial charge in [-0.25, -0.2) is 9.59 Å². The molecule has 168 valence electrons. The monoisotopic (exact) mass is 435 g/mol. The molecule has 0 unspecified atom stereocenters. The Balaban J connectivity index is 1.73. The first-order chi connectivity index (χ1) is 14.1. The van der Waals surface area contributed by atoms with Crippen molar-refractivity contribution >= 4 is 20.4 Å². The Morgan fingerprint density at radius 2 is 1.77 bits per heavy atom. The Morgan fingerprint density at radius 1 is 1.10 bits per heavy atom. The van der Waals surface area contributed by atoms with Gasteiger partial charge < -0.3 is 14.0 Å². The average molecular weight is 436 g/mol. The summed E-state index contributed by atoms with van der Waals surface area (Å²) in [7, 11) is -1.85. The van der Waals surface area contributed by atoms with E-state index in [2.05, 4.69) is 39.3 Å². The van der Waals surface area contributed by atoms with E-state index in [1.165, 1.54) is 12.8 Å². The Kier molecular flexibility index (Phi) is 8.91. The molecule has 0 heterocycles. The van der Waals surface area contributed by atoms with Crippen molar-refractivity contribution < 1.29 is 23.6 Å². The molecule has 1 aromatic carbocycles. The lowest BCUT2D eigenvalue weighted by Gasteiger charge is -2.43. The Labute approximate surface area is 181 Å². The van der Waals surface area contributed by atoms with Crippen LogP contribution in [0.4, 0.5) is 4.79 Å². The summed E-state index contributed by atoms with van der Waals surface area (Å²) in [5.74, 6) is -0.103. The highest BCUT2D eigenvalue weighted by atomic mass is 28.4. The van der Waals surface area contributed by atoms with Gasteiger partial charge in [-0.1, -0.05) is 63.9 Å². The summed E-state index contributed by atoms with van der Waals surface area (Å²) < 4.78 is 11.7. The molecule has 0 radical (unpaired) electrons. The van der Waals surface area contributed by atoms with Gasteiger partial charge >= 0.3 is 12.1 Å². The van der Waals surface area contributed by atoms with Crippen molar-refractivity contribution in [1.29, 1.82) is 0 Å².